The lowest BCUT2D eigenvalue weighted by Crippen LogP contribution is -2.38. The Kier molecular flexibility index (Phi) is 4.78. The number of nitrogens with zero attached hydrogens (tertiary/aromatic N) is 1. The summed E-state index contributed by atoms with van der Waals surface area (Å²) in [4.78, 5) is 11.7. The summed E-state index contributed by atoms with van der Waals surface area (Å²) in [5.74, 6) is -1.63. The van der Waals surface area contributed by atoms with E-state index in [2.05, 4.69) is 0 Å². The van der Waals surface area contributed by atoms with Gasteiger partial charge in [0.2, 0.25) is 0 Å². The molecule has 1 N–H and O–H groups in total. The number of aliphatic carboxylic acids is 1. The zero-order valence-electron chi connectivity index (χ0n) is 13.8. The smallest absolute Gasteiger partial charge is 0.311 e. The van der Waals surface area contributed by atoms with Crippen molar-refractivity contribution in [1.29, 1.82) is 0 Å². The minimum Gasteiger partial charge on any atom is -0.481 e. The van der Waals surface area contributed by atoms with E-state index in [-0.39, 0.29) is 17.9 Å². The van der Waals surface area contributed by atoms with Crippen LogP contribution >= 0.6 is 0 Å². The predicted molar refractivity (Wildman–Crippen MR) is 93.1 cm³/mol. The molecule has 0 saturated carbocycles. The Morgan fingerprint density at radius 3 is 2.72 bits per heavy atom. The van der Waals surface area contributed by atoms with Crippen molar-refractivity contribution in [2.24, 2.45) is 0 Å². The van der Waals surface area contributed by atoms with Crippen molar-refractivity contribution >= 4 is 21.7 Å². The van der Waals surface area contributed by atoms with Gasteiger partial charge < -0.3 is 9.84 Å². The highest BCUT2D eigenvalue weighted by Gasteiger charge is 2.35. The van der Waals surface area contributed by atoms with Crippen LogP contribution in [0.25, 0.3) is 0 Å². The molecule has 0 fully saturated rings. The zero-order valence-corrected chi connectivity index (χ0v) is 14.6. The van der Waals surface area contributed by atoms with Gasteiger partial charge in [0.05, 0.1) is 23.1 Å². The van der Waals surface area contributed by atoms with Crippen molar-refractivity contribution in [2.75, 3.05) is 18.0 Å². The van der Waals surface area contributed by atoms with Gasteiger partial charge in [0.15, 0.2) is 0 Å². The molecule has 6 nitrogen and oxygen atoms in total. The first-order valence-corrected chi connectivity index (χ1v) is 9.31. The fourth-order valence-corrected chi connectivity index (χ4v) is 4.70. The number of benzene rings is 2. The monoisotopic (exact) mass is 361 g/mol. The second kappa shape index (κ2) is 6.85. The maximum atomic E-state index is 13.1. The van der Waals surface area contributed by atoms with Gasteiger partial charge >= 0.3 is 5.97 Å². The summed E-state index contributed by atoms with van der Waals surface area (Å²) >= 11 is 0. The number of para-hydroxylation sites is 1. The van der Waals surface area contributed by atoms with Gasteiger partial charge in [0.25, 0.3) is 10.0 Å². The highest BCUT2D eigenvalue weighted by molar-refractivity contribution is 7.92. The third-order valence-electron chi connectivity index (χ3n) is 4.30. The summed E-state index contributed by atoms with van der Waals surface area (Å²) in [5, 5.41) is 9.40. The molecule has 0 aromatic heterocycles. The van der Waals surface area contributed by atoms with Crippen LogP contribution in [-0.4, -0.2) is 33.1 Å². The Labute approximate surface area is 146 Å². The van der Waals surface area contributed by atoms with E-state index in [1.165, 1.54) is 4.31 Å². The number of methoxy groups -OCH3 is 1. The molecule has 0 bridgehead atoms. The largest absolute Gasteiger partial charge is 0.481 e. The maximum Gasteiger partial charge on any atom is 0.311 e. The third-order valence-corrected chi connectivity index (χ3v) is 6.11. The summed E-state index contributed by atoms with van der Waals surface area (Å²) in [7, 11) is -2.23. The van der Waals surface area contributed by atoms with Gasteiger partial charge in [-0.15, -0.1) is 0 Å². The molecule has 25 heavy (non-hydrogen) atoms. The van der Waals surface area contributed by atoms with Gasteiger partial charge in [-0.3, -0.25) is 9.10 Å². The lowest BCUT2D eigenvalue weighted by atomic mass is 9.91. The van der Waals surface area contributed by atoms with E-state index < -0.39 is 21.9 Å². The average molecular weight is 361 g/mol. The van der Waals surface area contributed by atoms with Crippen LogP contribution in [0.2, 0.25) is 0 Å². The number of hydrogen-bond acceptors (Lipinski definition) is 4. The molecule has 0 saturated heterocycles. The van der Waals surface area contributed by atoms with E-state index in [9.17, 15) is 18.3 Å². The Bertz CT molecular complexity index is 894. The minimum atomic E-state index is -3.78. The Morgan fingerprint density at radius 1 is 1.24 bits per heavy atom. The van der Waals surface area contributed by atoms with Crippen molar-refractivity contribution < 1.29 is 23.1 Å². The normalized spacial score (nSPS) is 17.2. The topological polar surface area (TPSA) is 83.9 Å². The van der Waals surface area contributed by atoms with E-state index in [0.717, 1.165) is 5.56 Å². The van der Waals surface area contributed by atoms with E-state index in [1.54, 1.807) is 55.6 Å². The van der Waals surface area contributed by atoms with E-state index >= 15 is 0 Å². The Balaban J connectivity index is 2.05. The van der Waals surface area contributed by atoms with Crippen LogP contribution in [0, 0.1) is 0 Å². The van der Waals surface area contributed by atoms with Gasteiger partial charge in [-0.1, -0.05) is 30.3 Å². The van der Waals surface area contributed by atoms with Crippen LogP contribution in [0.5, 0.6) is 0 Å². The zero-order chi connectivity index (χ0) is 18.0. The second-order valence-electron chi connectivity index (χ2n) is 5.90. The summed E-state index contributed by atoms with van der Waals surface area (Å²) in [6.45, 7) is 0.450. The molecule has 1 aliphatic rings. The Morgan fingerprint density at radius 2 is 2.00 bits per heavy atom. The van der Waals surface area contributed by atoms with Crippen molar-refractivity contribution in [1.82, 2.24) is 0 Å². The lowest BCUT2D eigenvalue weighted by Gasteiger charge is -2.33. The van der Waals surface area contributed by atoms with Crippen LogP contribution in [0.1, 0.15) is 23.5 Å². The third kappa shape index (κ3) is 3.25. The van der Waals surface area contributed by atoms with Gasteiger partial charge in [0, 0.05) is 13.7 Å². The van der Waals surface area contributed by atoms with Crippen molar-refractivity contribution in [2.45, 2.75) is 23.8 Å². The summed E-state index contributed by atoms with van der Waals surface area (Å²) in [5.41, 5.74) is 1.72. The molecule has 1 heterocycles. The molecule has 0 aliphatic carbocycles. The number of carbonyl (C=O) groups is 1. The van der Waals surface area contributed by atoms with Crippen molar-refractivity contribution in [3.63, 3.8) is 0 Å². The number of anilines is 1. The number of sulfonamides is 1. The molecule has 3 rings (SSSR count). The number of ether oxygens (including phenoxy) is 1. The first-order valence-electron chi connectivity index (χ1n) is 7.87. The van der Waals surface area contributed by atoms with Crippen molar-refractivity contribution in [3.8, 4) is 0 Å². The molecule has 0 radical (unpaired) electrons. The number of carboxylic acids is 1. The van der Waals surface area contributed by atoms with Crippen LogP contribution in [0.15, 0.2) is 53.4 Å². The predicted octanol–water partition coefficient (Wildman–Crippen LogP) is 2.60. The average Bonchev–Trinajstić information content (AvgIpc) is 2.61. The standard InChI is InChI=1S/C18H19NO5S/c1-24-12-13-5-4-6-14(11-13)25(22,23)19-10-9-16(18(20)21)15-7-2-3-8-17(15)19/h2-8,11,16H,9-10,12H2,1H3,(H,20,21). The highest BCUT2D eigenvalue weighted by Crippen LogP contribution is 2.38. The number of fused-ring (bicyclic) bond motifs is 1. The lowest BCUT2D eigenvalue weighted by molar-refractivity contribution is -0.139. The van der Waals surface area contributed by atoms with Gasteiger partial charge in [0.1, 0.15) is 0 Å². The second-order valence-corrected chi connectivity index (χ2v) is 7.76. The fraction of sp³-hybridized carbons (Fsp3) is 0.278. The van der Waals surface area contributed by atoms with Gasteiger partial charge in [-0.25, -0.2) is 8.42 Å². The van der Waals surface area contributed by atoms with Crippen LogP contribution in [-0.2, 0) is 26.2 Å². The van der Waals surface area contributed by atoms with Crippen molar-refractivity contribution in [3.05, 3.63) is 59.7 Å². The molecule has 0 spiro atoms. The molecular weight excluding hydrogens is 342 g/mol. The van der Waals surface area contributed by atoms with E-state index in [4.69, 9.17) is 4.74 Å². The van der Waals surface area contributed by atoms with Gasteiger partial charge in [-0.2, -0.15) is 0 Å². The number of carboxylic acid groups (broad SMARTS) is 1. The van der Waals surface area contributed by atoms with Crippen LogP contribution in [0.3, 0.4) is 0 Å². The molecule has 0 amide bonds. The molecular formula is C18H19NO5S. The summed E-state index contributed by atoms with van der Waals surface area (Å²) in [6.07, 6.45) is 0.239. The quantitative estimate of drug-likeness (QED) is 0.885. The van der Waals surface area contributed by atoms with Crippen LogP contribution < -0.4 is 4.31 Å². The molecule has 7 heteroatoms. The SMILES string of the molecule is COCc1cccc(S(=O)(=O)N2CCC(C(=O)O)c3ccccc32)c1. The first-order chi connectivity index (χ1) is 11.9. The van der Waals surface area contributed by atoms with Gasteiger partial charge in [-0.05, 0) is 35.7 Å². The molecule has 1 atom stereocenters. The molecule has 132 valence electrons. The maximum absolute atomic E-state index is 13.1. The van der Waals surface area contributed by atoms with E-state index in [1.807, 2.05) is 0 Å². The van der Waals surface area contributed by atoms with E-state index in [0.29, 0.717) is 17.9 Å². The highest BCUT2D eigenvalue weighted by atomic mass is 32.2. The molecule has 1 aliphatic heterocycles. The molecule has 1 unspecified atom stereocenters. The molecule has 2 aromatic carbocycles. The number of hydrogen-bond donors (Lipinski definition) is 1. The summed E-state index contributed by atoms with van der Waals surface area (Å²) in [6, 6.07) is 13.4. The summed E-state index contributed by atoms with van der Waals surface area (Å²) < 4.78 is 32.6. The fourth-order valence-electron chi connectivity index (χ4n) is 3.13. The van der Waals surface area contributed by atoms with Crippen LogP contribution in [0.4, 0.5) is 5.69 Å². The first kappa shape index (κ1) is 17.4. The minimum absolute atomic E-state index is 0.130. The molecule has 2 aromatic rings. The number of rotatable bonds is 5. The Hall–Kier alpha value is -2.38.